The van der Waals surface area contributed by atoms with Crippen molar-refractivity contribution in [1.29, 1.82) is 0 Å². The van der Waals surface area contributed by atoms with Crippen molar-refractivity contribution in [3.8, 4) is 10.4 Å². The second-order valence-corrected chi connectivity index (χ2v) is 8.49. The van der Waals surface area contributed by atoms with Crippen molar-refractivity contribution in [2.75, 3.05) is 0 Å². The number of halogens is 1. The largest absolute Gasteiger partial charge is 0.172 e. The third-order valence-corrected chi connectivity index (χ3v) is 6.64. The van der Waals surface area contributed by atoms with Crippen molar-refractivity contribution in [1.82, 2.24) is 8.75 Å². The molecular weight excluding hydrogens is 388 g/mol. The van der Waals surface area contributed by atoms with Gasteiger partial charge in [0.25, 0.3) is 0 Å². The monoisotopic (exact) mass is 408 g/mol. The Hall–Kier alpha value is -0.780. The van der Waals surface area contributed by atoms with Gasteiger partial charge in [0.1, 0.15) is 11.0 Å². The van der Waals surface area contributed by atoms with E-state index in [1.54, 1.807) is 0 Å². The van der Waals surface area contributed by atoms with E-state index in [-0.39, 0.29) is 0 Å². The number of benzene rings is 1. The Balaban J connectivity index is 1.83. The van der Waals surface area contributed by atoms with Crippen LogP contribution in [-0.2, 0) is 6.42 Å². The van der Waals surface area contributed by atoms with E-state index in [9.17, 15) is 0 Å². The van der Waals surface area contributed by atoms with Crippen molar-refractivity contribution in [3.63, 3.8) is 0 Å². The third-order valence-electron chi connectivity index (χ3n) is 4.33. The Labute approximate surface area is 154 Å². The zero-order chi connectivity index (χ0) is 16.2. The summed E-state index contributed by atoms with van der Waals surface area (Å²) in [7, 11) is 0. The summed E-state index contributed by atoms with van der Waals surface area (Å²) < 4.78 is 9.91. The van der Waals surface area contributed by atoms with Crippen molar-refractivity contribution in [2.24, 2.45) is 5.92 Å². The Morgan fingerprint density at radius 1 is 1.09 bits per heavy atom. The molecule has 0 bridgehead atoms. The van der Waals surface area contributed by atoms with Gasteiger partial charge in [0.05, 0.1) is 11.7 Å². The maximum atomic E-state index is 4.49. The van der Waals surface area contributed by atoms with Gasteiger partial charge in [-0.2, -0.15) is 8.75 Å². The van der Waals surface area contributed by atoms with Gasteiger partial charge in [0.15, 0.2) is 0 Å². The SMILES string of the molecule is CCCCC(CC)Cc1ccc(-c2ccc(Br)c3nsnc23)s1. The second kappa shape index (κ2) is 7.86. The molecule has 0 radical (unpaired) electrons. The van der Waals surface area contributed by atoms with Gasteiger partial charge in [0.2, 0.25) is 0 Å². The van der Waals surface area contributed by atoms with Crippen LogP contribution in [0.3, 0.4) is 0 Å². The summed E-state index contributed by atoms with van der Waals surface area (Å²) in [4.78, 5) is 2.79. The fourth-order valence-electron chi connectivity index (χ4n) is 2.90. The summed E-state index contributed by atoms with van der Waals surface area (Å²) in [5, 5.41) is 0. The predicted octanol–water partition coefficient (Wildman–Crippen LogP) is 6.94. The molecule has 0 amide bonds. The first kappa shape index (κ1) is 17.1. The molecule has 2 aromatic heterocycles. The van der Waals surface area contributed by atoms with Gasteiger partial charge < -0.3 is 0 Å². The number of rotatable bonds is 7. The summed E-state index contributed by atoms with van der Waals surface area (Å²) in [5.41, 5.74) is 3.18. The van der Waals surface area contributed by atoms with Crippen molar-refractivity contribution >= 4 is 50.0 Å². The summed E-state index contributed by atoms with van der Waals surface area (Å²) in [6, 6.07) is 8.77. The maximum absolute atomic E-state index is 4.49. The van der Waals surface area contributed by atoms with Crippen molar-refractivity contribution < 1.29 is 0 Å². The maximum Gasteiger partial charge on any atom is 0.119 e. The average molecular weight is 409 g/mol. The molecule has 0 aliphatic carbocycles. The predicted molar refractivity (Wildman–Crippen MR) is 105 cm³/mol. The zero-order valence-electron chi connectivity index (χ0n) is 13.5. The van der Waals surface area contributed by atoms with E-state index in [1.165, 1.54) is 59.2 Å². The van der Waals surface area contributed by atoms with Crippen LogP contribution in [0.1, 0.15) is 44.4 Å². The van der Waals surface area contributed by atoms with E-state index in [2.05, 4.69) is 62.8 Å². The fraction of sp³-hybridized carbons (Fsp3) is 0.444. The minimum Gasteiger partial charge on any atom is -0.172 e. The van der Waals surface area contributed by atoms with E-state index in [4.69, 9.17) is 0 Å². The Kier molecular flexibility index (Phi) is 5.83. The number of nitrogens with zero attached hydrogens (tertiary/aromatic N) is 2. The standard InChI is InChI=1S/C18H21BrN2S2/c1-3-5-6-12(4-2)11-13-7-10-16(22-13)14-8-9-15(19)18-17(14)20-23-21-18/h7-10,12H,3-6,11H2,1-2H3. The van der Waals surface area contributed by atoms with Crippen LogP contribution in [0.15, 0.2) is 28.7 Å². The van der Waals surface area contributed by atoms with Crippen LogP contribution in [0.5, 0.6) is 0 Å². The van der Waals surface area contributed by atoms with E-state index >= 15 is 0 Å². The molecule has 0 fully saturated rings. The Morgan fingerprint density at radius 2 is 1.91 bits per heavy atom. The smallest absolute Gasteiger partial charge is 0.119 e. The van der Waals surface area contributed by atoms with Gasteiger partial charge in [-0.3, -0.25) is 0 Å². The van der Waals surface area contributed by atoms with Gasteiger partial charge in [0, 0.05) is 19.8 Å². The molecular formula is C18H21BrN2S2. The first-order valence-electron chi connectivity index (χ1n) is 8.22. The quantitative estimate of drug-likeness (QED) is 0.422. The molecule has 0 aliphatic heterocycles. The summed E-state index contributed by atoms with van der Waals surface area (Å²) in [5.74, 6) is 0.812. The molecule has 23 heavy (non-hydrogen) atoms. The number of hydrogen-bond acceptors (Lipinski definition) is 4. The molecule has 1 unspecified atom stereocenters. The average Bonchev–Trinajstić information content (AvgIpc) is 3.21. The summed E-state index contributed by atoms with van der Waals surface area (Å²) in [6.45, 7) is 4.59. The van der Waals surface area contributed by atoms with Crippen LogP contribution in [0.4, 0.5) is 0 Å². The van der Waals surface area contributed by atoms with Gasteiger partial charge in [-0.15, -0.1) is 11.3 Å². The number of thiophene rings is 1. The molecule has 3 aromatic rings. The third kappa shape index (κ3) is 3.83. The molecule has 1 atom stereocenters. The van der Waals surface area contributed by atoms with Crippen molar-refractivity contribution in [2.45, 2.75) is 46.0 Å². The minimum absolute atomic E-state index is 0.812. The van der Waals surface area contributed by atoms with Gasteiger partial charge in [-0.05, 0) is 46.5 Å². The van der Waals surface area contributed by atoms with Crippen LogP contribution >= 0.6 is 39.0 Å². The van der Waals surface area contributed by atoms with Crippen LogP contribution in [0.25, 0.3) is 21.5 Å². The lowest BCUT2D eigenvalue weighted by atomic mass is 9.95. The number of hydrogen-bond donors (Lipinski definition) is 0. The first-order valence-corrected chi connectivity index (χ1v) is 10.6. The van der Waals surface area contributed by atoms with Crippen LogP contribution in [-0.4, -0.2) is 8.75 Å². The highest BCUT2D eigenvalue weighted by Crippen LogP contribution is 2.36. The summed E-state index contributed by atoms with van der Waals surface area (Å²) in [6.07, 6.45) is 6.45. The lowest BCUT2D eigenvalue weighted by molar-refractivity contribution is 0.452. The van der Waals surface area contributed by atoms with Crippen LogP contribution in [0.2, 0.25) is 0 Å². The highest BCUT2D eigenvalue weighted by molar-refractivity contribution is 9.10. The molecule has 0 N–H and O–H groups in total. The Morgan fingerprint density at radius 3 is 2.70 bits per heavy atom. The van der Waals surface area contributed by atoms with Crippen molar-refractivity contribution in [3.05, 3.63) is 33.6 Å². The number of aromatic nitrogens is 2. The van der Waals surface area contributed by atoms with E-state index in [0.717, 1.165) is 21.4 Å². The molecule has 0 saturated heterocycles. The van der Waals surface area contributed by atoms with Crippen LogP contribution in [0, 0.1) is 5.92 Å². The number of fused-ring (bicyclic) bond motifs is 1. The van der Waals surface area contributed by atoms with E-state index in [1.807, 2.05) is 11.3 Å². The molecule has 2 nitrogen and oxygen atoms in total. The Bertz CT molecular complexity index is 778. The topological polar surface area (TPSA) is 25.8 Å². The zero-order valence-corrected chi connectivity index (χ0v) is 16.7. The molecule has 122 valence electrons. The van der Waals surface area contributed by atoms with Gasteiger partial charge in [-0.25, -0.2) is 0 Å². The minimum atomic E-state index is 0.812. The van der Waals surface area contributed by atoms with Gasteiger partial charge in [-0.1, -0.05) is 45.6 Å². The highest BCUT2D eigenvalue weighted by atomic mass is 79.9. The number of unbranched alkanes of at least 4 members (excludes halogenated alkanes) is 1. The lowest BCUT2D eigenvalue weighted by Gasteiger charge is -2.12. The van der Waals surface area contributed by atoms with Crippen LogP contribution < -0.4 is 0 Å². The lowest BCUT2D eigenvalue weighted by Crippen LogP contribution is -2.01. The molecule has 1 aromatic carbocycles. The molecule has 0 saturated carbocycles. The molecule has 2 heterocycles. The molecule has 0 spiro atoms. The van der Waals surface area contributed by atoms with E-state index in [0.29, 0.717) is 0 Å². The first-order chi connectivity index (χ1) is 11.2. The highest BCUT2D eigenvalue weighted by Gasteiger charge is 2.14. The second-order valence-electron chi connectivity index (χ2n) is 5.94. The molecule has 0 aliphatic rings. The summed E-state index contributed by atoms with van der Waals surface area (Å²) >= 11 is 6.75. The molecule has 3 rings (SSSR count). The normalized spacial score (nSPS) is 12.8. The van der Waals surface area contributed by atoms with E-state index < -0.39 is 0 Å². The fourth-order valence-corrected chi connectivity index (χ4v) is 5.14. The van der Waals surface area contributed by atoms with Gasteiger partial charge >= 0.3 is 0 Å². The molecule has 5 heteroatoms.